The molecule has 1 aromatic heterocycles. The smallest absolute Gasteiger partial charge is 0.490 e. The number of nitrogens with one attached hydrogen (secondary N) is 1. The molecule has 2 aliphatic rings. The van der Waals surface area contributed by atoms with E-state index in [0.717, 1.165) is 44.4 Å². The summed E-state index contributed by atoms with van der Waals surface area (Å²) in [5.74, 6) is 0.244. The van der Waals surface area contributed by atoms with Crippen LogP contribution in [0.4, 0.5) is 13.2 Å². The first-order valence-electron chi connectivity index (χ1n) is 8.88. The molecule has 6 nitrogen and oxygen atoms in total. The molecule has 9 heteroatoms. The molecular formula is C18H25F3N2O4. The Hall–Kier alpha value is -1.87. The van der Waals surface area contributed by atoms with E-state index in [1.807, 2.05) is 12.4 Å². The molecule has 152 valence electrons. The van der Waals surface area contributed by atoms with Crippen LogP contribution >= 0.6 is 0 Å². The van der Waals surface area contributed by atoms with Crippen molar-refractivity contribution >= 4 is 5.97 Å². The number of carboxylic acids is 1. The summed E-state index contributed by atoms with van der Waals surface area (Å²) in [5, 5.41) is 10.5. The van der Waals surface area contributed by atoms with E-state index in [0.29, 0.717) is 11.8 Å². The number of aromatic nitrogens is 1. The first-order chi connectivity index (χ1) is 12.8. The van der Waals surface area contributed by atoms with Crippen LogP contribution in [0.3, 0.4) is 0 Å². The van der Waals surface area contributed by atoms with Crippen molar-refractivity contribution in [3.8, 4) is 5.75 Å². The van der Waals surface area contributed by atoms with Crippen LogP contribution in [0.2, 0.25) is 0 Å². The molecule has 2 N–H and O–H groups in total. The molecule has 0 aromatic carbocycles. The zero-order valence-electron chi connectivity index (χ0n) is 15.2. The number of carboxylic acid groups (broad SMARTS) is 1. The number of methoxy groups -OCH3 is 1. The number of rotatable bonds is 7. The van der Waals surface area contributed by atoms with Gasteiger partial charge in [-0.25, -0.2) is 4.79 Å². The number of carbonyl (C=O) groups is 1. The Morgan fingerprint density at radius 2 is 2.15 bits per heavy atom. The third-order valence-electron chi connectivity index (χ3n) is 4.67. The van der Waals surface area contributed by atoms with E-state index in [4.69, 9.17) is 19.4 Å². The molecule has 0 spiro atoms. The van der Waals surface area contributed by atoms with Crippen LogP contribution in [0.15, 0.2) is 18.5 Å². The van der Waals surface area contributed by atoms with Gasteiger partial charge >= 0.3 is 12.1 Å². The van der Waals surface area contributed by atoms with E-state index >= 15 is 0 Å². The van der Waals surface area contributed by atoms with E-state index in [1.165, 1.54) is 18.4 Å². The summed E-state index contributed by atoms with van der Waals surface area (Å²) in [6, 6.07) is 2.17. The first kappa shape index (κ1) is 21.4. The van der Waals surface area contributed by atoms with Crippen molar-refractivity contribution in [1.82, 2.24) is 10.3 Å². The third kappa shape index (κ3) is 7.34. The Morgan fingerprint density at radius 3 is 2.74 bits per heavy atom. The summed E-state index contributed by atoms with van der Waals surface area (Å²) < 4.78 is 42.8. The van der Waals surface area contributed by atoms with E-state index in [9.17, 15) is 13.2 Å². The average Bonchev–Trinajstić information content (AvgIpc) is 3.21. The molecule has 0 radical (unpaired) electrons. The molecule has 3 rings (SSSR count). The molecule has 1 aliphatic heterocycles. The second-order valence-corrected chi connectivity index (χ2v) is 6.81. The minimum atomic E-state index is -5.08. The van der Waals surface area contributed by atoms with Gasteiger partial charge in [0.25, 0.3) is 0 Å². The van der Waals surface area contributed by atoms with Crippen LogP contribution in [0.1, 0.15) is 30.7 Å². The van der Waals surface area contributed by atoms with Crippen molar-refractivity contribution in [3.05, 3.63) is 24.0 Å². The average molecular weight is 390 g/mol. The zero-order valence-corrected chi connectivity index (χ0v) is 15.2. The van der Waals surface area contributed by atoms with E-state index in [1.54, 1.807) is 7.11 Å². The van der Waals surface area contributed by atoms with Crippen molar-refractivity contribution in [2.24, 2.45) is 11.8 Å². The Kier molecular flexibility index (Phi) is 7.85. The molecule has 1 saturated heterocycles. The number of hydrogen-bond donors (Lipinski definition) is 2. The van der Waals surface area contributed by atoms with Crippen molar-refractivity contribution in [2.45, 2.75) is 31.4 Å². The van der Waals surface area contributed by atoms with Gasteiger partial charge in [0.05, 0.1) is 12.8 Å². The van der Waals surface area contributed by atoms with E-state index in [-0.39, 0.29) is 0 Å². The van der Waals surface area contributed by atoms with Gasteiger partial charge in [-0.3, -0.25) is 4.98 Å². The molecule has 0 bridgehead atoms. The number of nitrogens with zero attached hydrogens (tertiary/aromatic N) is 1. The van der Waals surface area contributed by atoms with Crippen molar-refractivity contribution in [2.75, 3.05) is 33.4 Å². The largest absolute Gasteiger partial charge is 0.492 e. The van der Waals surface area contributed by atoms with Gasteiger partial charge in [-0.2, -0.15) is 13.2 Å². The van der Waals surface area contributed by atoms with Crippen LogP contribution < -0.4 is 10.1 Å². The normalized spacial score (nSPS) is 24.1. The van der Waals surface area contributed by atoms with Gasteiger partial charge in [-0.15, -0.1) is 0 Å². The summed E-state index contributed by atoms with van der Waals surface area (Å²) in [6.45, 7) is 3.86. The van der Waals surface area contributed by atoms with Gasteiger partial charge in [0, 0.05) is 32.4 Å². The standard InChI is InChI=1S/C16H24N2O2.C2HF3O2/c1-19-5-3-13-7-16(13)14-6-15(10-18-9-14)20-11-12-2-4-17-8-12;3-2(4,5)1(6)7/h6,9-10,12-13,16-17H,2-5,7-8,11H2,1H3;(H,6,7)/t12-,13+,16+;/m1./s1. The molecule has 0 amide bonds. The summed E-state index contributed by atoms with van der Waals surface area (Å²) in [5.41, 5.74) is 1.33. The highest BCUT2D eigenvalue weighted by Crippen LogP contribution is 2.49. The van der Waals surface area contributed by atoms with E-state index < -0.39 is 12.1 Å². The maximum absolute atomic E-state index is 10.6. The Balaban J connectivity index is 0.000000321. The van der Waals surface area contributed by atoms with Crippen LogP contribution in [0, 0.1) is 11.8 Å². The topological polar surface area (TPSA) is 80.7 Å². The second-order valence-electron chi connectivity index (χ2n) is 6.81. The van der Waals surface area contributed by atoms with Gasteiger partial charge in [-0.05, 0) is 49.3 Å². The van der Waals surface area contributed by atoms with Crippen molar-refractivity contribution < 1.29 is 32.5 Å². The molecule has 3 atom stereocenters. The highest BCUT2D eigenvalue weighted by Gasteiger charge is 2.38. The zero-order chi connectivity index (χ0) is 19.9. The minimum absolute atomic E-state index is 0.647. The van der Waals surface area contributed by atoms with Gasteiger partial charge in [0.2, 0.25) is 0 Å². The monoisotopic (exact) mass is 390 g/mol. The highest BCUT2D eigenvalue weighted by molar-refractivity contribution is 5.73. The predicted octanol–water partition coefficient (Wildman–Crippen LogP) is 2.84. The fraction of sp³-hybridized carbons (Fsp3) is 0.667. The van der Waals surface area contributed by atoms with Crippen LogP contribution in [-0.4, -0.2) is 55.6 Å². The Morgan fingerprint density at radius 1 is 1.41 bits per heavy atom. The minimum Gasteiger partial charge on any atom is -0.492 e. The van der Waals surface area contributed by atoms with Crippen molar-refractivity contribution in [3.63, 3.8) is 0 Å². The molecule has 1 aliphatic carbocycles. The summed E-state index contributed by atoms with van der Waals surface area (Å²) in [4.78, 5) is 13.2. The maximum atomic E-state index is 10.6. The molecule has 2 heterocycles. The first-order valence-corrected chi connectivity index (χ1v) is 8.88. The molecule has 0 unspecified atom stereocenters. The maximum Gasteiger partial charge on any atom is 0.490 e. The lowest BCUT2D eigenvalue weighted by atomic mass is 10.1. The SMILES string of the molecule is COCC[C@H]1C[C@@H]1c1cncc(OC[C@@H]2CCNC2)c1.O=C(O)C(F)(F)F. The van der Waals surface area contributed by atoms with Crippen LogP contribution in [0.25, 0.3) is 0 Å². The number of ether oxygens (including phenoxy) is 2. The number of aliphatic carboxylic acids is 1. The van der Waals surface area contributed by atoms with Gasteiger partial charge in [0.15, 0.2) is 0 Å². The lowest BCUT2D eigenvalue weighted by molar-refractivity contribution is -0.192. The fourth-order valence-electron chi connectivity index (χ4n) is 3.03. The van der Waals surface area contributed by atoms with Gasteiger partial charge in [0.1, 0.15) is 5.75 Å². The number of hydrogen-bond acceptors (Lipinski definition) is 5. The molecular weight excluding hydrogens is 365 g/mol. The second kappa shape index (κ2) is 9.89. The molecule has 2 fully saturated rings. The lowest BCUT2D eigenvalue weighted by Crippen LogP contribution is -2.21. The quantitative estimate of drug-likeness (QED) is 0.745. The van der Waals surface area contributed by atoms with Gasteiger partial charge < -0.3 is 19.9 Å². The number of halogens is 3. The molecule has 27 heavy (non-hydrogen) atoms. The molecule has 1 saturated carbocycles. The summed E-state index contributed by atoms with van der Waals surface area (Å²) in [6.07, 6.45) is 2.37. The van der Waals surface area contributed by atoms with Gasteiger partial charge in [-0.1, -0.05) is 0 Å². The van der Waals surface area contributed by atoms with Crippen LogP contribution in [0.5, 0.6) is 5.75 Å². The molecule has 1 aromatic rings. The predicted molar refractivity (Wildman–Crippen MR) is 91.7 cm³/mol. The highest BCUT2D eigenvalue weighted by atomic mass is 19.4. The number of pyridine rings is 1. The third-order valence-corrected chi connectivity index (χ3v) is 4.67. The summed E-state index contributed by atoms with van der Waals surface area (Å²) in [7, 11) is 1.77. The summed E-state index contributed by atoms with van der Waals surface area (Å²) >= 11 is 0. The lowest BCUT2D eigenvalue weighted by Gasteiger charge is -2.11. The van der Waals surface area contributed by atoms with Crippen LogP contribution in [-0.2, 0) is 9.53 Å². The Labute approximate surface area is 156 Å². The van der Waals surface area contributed by atoms with E-state index in [2.05, 4.69) is 16.4 Å². The van der Waals surface area contributed by atoms with Crippen molar-refractivity contribution in [1.29, 1.82) is 0 Å². The number of alkyl halides is 3. The Bertz CT molecular complexity index is 607. The fourth-order valence-corrected chi connectivity index (χ4v) is 3.03.